The van der Waals surface area contributed by atoms with Crippen LogP contribution in [-0.2, 0) is 11.3 Å². The molecule has 0 saturated carbocycles. The number of amides is 1. The second kappa shape index (κ2) is 5.83. The van der Waals surface area contributed by atoms with Gasteiger partial charge in [0.05, 0.1) is 12.6 Å². The standard InChI is InChI=1S/C16H24N2O2/c1-12-6-7-14(20-4)13(10-12)11-18(3)15(19)16(2)8-5-9-17-16/h6-7,10,17H,5,8-9,11H2,1-4H3. The Morgan fingerprint density at radius 2 is 2.25 bits per heavy atom. The first kappa shape index (κ1) is 14.9. The SMILES string of the molecule is COc1ccc(C)cc1CN(C)C(=O)C1(C)CCCN1. The van der Waals surface area contributed by atoms with Gasteiger partial charge in [-0.05, 0) is 39.3 Å². The second-order valence-electron chi connectivity index (χ2n) is 5.84. The molecule has 0 radical (unpaired) electrons. The molecule has 4 heteroatoms. The van der Waals surface area contributed by atoms with Gasteiger partial charge >= 0.3 is 0 Å². The van der Waals surface area contributed by atoms with E-state index in [1.54, 1.807) is 12.0 Å². The molecule has 0 spiro atoms. The van der Waals surface area contributed by atoms with Crippen LogP contribution >= 0.6 is 0 Å². The van der Waals surface area contributed by atoms with E-state index in [9.17, 15) is 4.79 Å². The highest BCUT2D eigenvalue weighted by molar-refractivity contribution is 5.86. The molecule has 4 nitrogen and oxygen atoms in total. The number of nitrogens with one attached hydrogen (secondary N) is 1. The van der Waals surface area contributed by atoms with Crippen LogP contribution in [0.2, 0.25) is 0 Å². The van der Waals surface area contributed by atoms with Gasteiger partial charge < -0.3 is 15.0 Å². The number of hydrogen-bond acceptors (Lipinski definition) is 3. The van der Waals surface area contributed by atoms with Crippen molar-refractivity contribution >= 4 is 5.91 Å². The minimum atomic E-state index is -0.411. The van der Waals surface area contributed by atoms with Gasteiger partial charge in [-0.25, -0.2) is 0 Å². The molecule has 1 atom stereocenters. The lowest BCUT2D eigenvalue weighted by Gasteiger charge is -2.29. The monoisotopic (exact) mass is 276 g/mol. The fourth-order valence-corrected chi connectivity index (χ4v) is 2.86. The molecule has 1 aromatic rings. The average Bonchev–Trinajstić information content (AvgIpc) is 2.86. The molecule has 1 N–H and O–H groups in total. The van der Waals surface area contributed by atoms with Gasteiger partial charge in [0.2, 0.25) is 5.91 Å². The number of rotatable bonds is 4. The molecule has 0 aliphatic carbocycles. The summed E-state index contributed by atoms with van der Waals surface area (Å²) in [6.07, 6.45) is 1.96. The zero-order valence-electron chi connectivity index (χ0n) is 12.8. The third-order valence-corrected chi connectivity index (χ3v) is 4.03. The summed E-state index contributed by atoms with van der Waals surface area (Å²) < 4.78 is 5.38. The van der Waals surface area contributed by atoms with Crippen LogP contribution in [-0.4, -0.2) is 37.0 Å². The van der Waals surface area contributed by atoms with E-state index in [0.717, 1.165) is 30.7 Å². The van der Waals surface area contributed by atoms with E-state index in [-0.39, 0.29) is 5.91 Å². The zero-order chi connectivity index (χ0) is 14.8. The summed E-state index contributed by atoms with van der Waals surface area (Å²) in [6.45, 7) is 5.53. The maximum Gasteiger partial charge on any atom is 0.242 e. The van der Waals surface area contributed by atoms with Crippen LogP contribution in [0.1, 0.15) is 30.9 Å². The predicted molar refractivity (Wildman–Crippen MR) is 79.8 cm³/mol. The molecular weight excluding hydrogens is 252 g/mol. The summed E-state index contributed by atoms with van der Waals surface area (Å²) in [4.78, 5) is 14.4. The number of carbonyl (C=O) groups is 1. The summed E-state index contributed by atoms with van der Waals surface area (Å²) in [5.41, 5.74) is 1.81. The maximum absolute atomic E-state index is 12.6. The number of nitrogens with zero attached hydrogens (tertiary/aromatic N) is 1. The Morgan fingerprint density at radius 1 is 1.50 bits per heavy atom. The Hall–Kier alpha value is -1.55. The van der Waals surface area contributed by atoms with Crippen molar-refractivity contribution in [2.24, 2.45) is 0 Å². The van der Waals surface area contributed by atoms with Crippen molar-refractivity contribution in [2.45, 2.75) is 38.8 Å². The largest absolute Gasteiger partial charge is 0.496 e. The molecule has 1 saturated heterocycles. The summed E-state index contributed by atoms with van der Waals surface area (Å²) in [7, 11) is 3.52. The van der Waals surface area contributed by atoms with Crippen LogP contribution in [0.5, 0.6) is 5.75 Å². The van der Waals surface area contributed by atoms with Crippen LogP contribution in [0.3, 0.4) is 0 Å². The number of hydrogen-bond donors (Lipinski definition) is 1. The highest BCUT2D eigenvalue weighted by Crippen LogP contribution is 2.24. The van der Waals surface area contributed by atoms with Gasteiger partial charge in [0.1, 0.15) is 5.75 Å². The summed E-state index contributed by atoms with van der Waals surface area (Å²) in [6, 6.07) is 6.05. The quantitative estimate of drug-likeness (QED) is 0.915. The van der Waals surface area contributed by atoms with Crippen LogP contribution < -0.4 is 10.1 Å². The number of methoxy groups -OCH3 is 1. The number of carbonyl (C=O) groups excluding carboxylic acids is 1. The van der Waals surface area contributed by atoms with Gasteiger partial charge in [0, 0.05) is 19.2 Å². The topological polar surface area (TPSA) is 41.6 Å². The van der Waals surface area contributed by atoms with Gasteiger partial charge in [0.25, 0.3) is 0 Å². The molecule has 1 heterocycles. The van der Waals surface area contributed by atoms with Gasteiger partial charge in [-0.3, -0.25) is 4.79 Å². The van der Waals surface area contributed by atoms with Gasteiger partial charge in [0.15, 0.2) is 0 Å². The van der Waals surface area contributed by atoms with Crippen molar-refractivity contribution in [3.63, 3.8) is 0 Å². The zero-order valence-corrected chi connectivity index (χ0v) is 12.8. The highest BCUT2D eigenvalue weighted by atomic mass is 16.5. The Morgan fingerprint density at radius 3 is 2.85 bits per heavy atom. The van der Waals surface area contributed by atoms with Gasteiger partial charge in [-0.15, -0.1) is 0 Å². The summed E-state index contributed by atoms with van der Waals surface area (Å²) >= 11 is 0. The van der Waals surface area contributed by atoms with Crippen LogP contribution in [0.4, 0.5) is 0 Å². The molecule has 0 bridgehead atoms. The molecule has 2 rings (SSSR count). The van der Waals surface area contributed by atoms with E-state index >= 15 is 0 Å². The average molecular weight is 276 g/mol. The molecule has 1 aromatic carbocycles. The Balaban J connectivity index is 2.13. The van der Waals surface area contributed by atoms with Crippen molar-refractivity contribution < 1.29 is 9.53 Å². The number of benzene rings is 1. The van der Waals surface area contributed by atoms with Gasteiger partial charge in [-0.1, -0.05) is 17.7 Å². The van der Waals surface area contributed by atoms with Crippen molar-refractivity contribution in [1.29, 1.82) is 0 Å². The van der Waals surface area contributed by atoms with E-state index < -0.39 is 5.54 Å². The number of ether oxygens (including phenoxy) is 1. The van der Waals surface area contributed by atoms with Crippen molar-refractivity contribution in [2.75, 3.05) is 20.7 Å². The molecule has 1 unspecified atom stereocenters. The summed E-state index contributed by atoms with van der Waals surface area (Å²) in [5, 5.41) is 3.32. The van der Waals surface area contributed by atoms with Crippen LogP contribution in [0.15, 0.2) is 18.2 Å². The number of aryl methyl sites for hydroxylation is 1. The Bertz CT molecular complexity index is 493. The summed E-state index contributed by atoms with van der Waals surface area (Å²) in [5.74, 6) is 0.985. The maximum atomic E-state index is 12.6. The van der Waals surface area contributed by atoms with E-state index in [1.165, 1.54) is 5.56 Å². The molecule has 1 amide bonds. The van der Waals surface area contributed by atoms with Gasteiger partial charge in [-0.2, -0.15) is 0 Å². The third kappa shape index (κ3) is 2.96. The molecule has 1 fully saturated rings. The molecule has 1 aliphatic rings. The molecule has 20 heavy (non-hydrogen) atoms. The van der Waals surface area contributed by atoms with Crippen LogP contribution in [0, 0.1) is 6.92 Å². The lowest BCUT2D eigenvalue weighted by Crippen LogP contribution is -2.51. The number of likely N-dealkylation sites (N-methyl/N-ethyl adjacent to an activating group) is 1. The first-order valence-corrected chi connectivity index (χ1v) is 7.10. The smallest absolute Gasteiger partial charge is 0.242 e. The third-order valence-electron chi connectivity index (χ3n) is 4.03. The normalized spacial score (nSPS) is 21.8. The van der Waals surface area contributed by atoms with Crippen molar-refractivity contribution in [3.8, 4) is 5.75 Å². The van der Waals surface area contributed by atoms with Crippen molar-refractivity contribution in [1.82, 2.24) is 10.2 Å². The van der Waals surface area contributed by atoms with E-state index in [1.807, 2.05) is 33.0 Å². The lowest BCUT2D eigenvalue weighted by molar-refractivity contribution is -0.136. The second-order valence-corrected chi connectivity index (χ2v) is 5.84. The predicted octanol–water partition coefficient (Wildman–Crippen LogP) is 2.10. The first-order valence-electron chi connectivity index (χ1n) is 7.10. The first-order chi connectivity index (χ1) is 9.46. The highest BCUT2D eigenvalue weighted by Gasteiger charge is 2.37. The Labute approximate surface area is 121 Å². The fourth-order valence-electron chi connectivity index (χ4n) is 2.86. The van der Waals surface area contributed by atoms with E-state index in [4.69, 9.17) is 4.74 Å². The fraction of sp³-hybridized carbons (Fsp3) is 0.562. The molecule has 0 aromatic heterocycles. The van der Waals surface area contributed by atoms with E-state index in [2.05, 4.69) is 11.4 Å². The minimum Gasteiger partial charge on any atom is -0.496 e. The van der Waals surface area contributed by atoms with E-state index in [0.29, 0.717) is 6.54 Å². The van der Waals surface area contributed by atoms with Crippen molar-refractivity contribution in [3.05, 3.63) is 29.3 Å². The molecular formula is C16H24N2O2. The minimum absolute atomic E-state index is 0.151. The Kier molecular flexibility index (Phi) is 4.33. The van der Waals surface area contributed by atoms with Crippen LogP contribution in [0.25, 0.3) is 0 Å². The molecule has 1 aliphatic heterocycles. The lowest BCUT2D eigenvalue weighted by atomic mass is 9.98. The molecule has 110 valence electrons.